The second-order valence-corrected chi connectivity index (χ2v) is 3.64. The second kappa shape index (κ2) is 2.94. The number of hydrogen-bond donors (Lipinski definition) is 1. The van der Waals surface area contributed by atoms with Gasteiger partial charge in [0.1, 0.15) is 5.82 Å². The van der Waals surface area contributed by atoms with E-state index < -0.39 is 0 Å². The largest absolute Gasteiger partial charge is 0.394 e. The van der Waals surface area contributed by atoms with Gasteiger partial charge in [-0.15, -0.1) is 0 Å². The van der Waals surface area contributed by atoms with Gasteiger partial charge in [-0.25, -0.2) is 0 Å². The molecule has 0 saturated carbocycles. The highest BCUT2D eigenvalue weighted by Crippen LogP contribution is 2.28. The van der Waals surface area contributed by atoms with Gasteiger partial charge < -0.3 is 10.6 Å². The fraction of sp³-hybridized carbons (Fsp3) is 0.667. The Morgan fingerprint density at radius 1 is 1.31 bits per heavy atom. The summed E-state index contributed by atoms with van der Waals surface area (Å²) in [6, 6.07) is 0. The molecule has 0 bridgehead atoms. The van der Waals surface area contributed by atoms with Crippen LogP contribution in [0.25, 0.3) is 0 Å². The number of nitrogens with two attached hydrogens (primary N) is 1. The number of nitrogen functional groups attached to an aromatic ring is 1. The lowest BCUT2D eigenvalue weighted by molar-refractivity contribution is 0.732. The van der Waals surface area contributed by atoms with Crippen molar-refractivity contribution in [1.29, 1.82) is 0 Å². The fourth-order valence-electron chi connectivity index (χ4n) is 1.97. The first kappa shape index (κ1) is 8.41. The standard InChI is InChI=1S/C9H16N4/c1-7-8(10)9(12(2)11-7)13-5-3-4-6-13/h3-6,10H2,1-2H3. The molecule has 0 aromatic carbocycles. The quantitative estimate of drug-likeness (QED) is 0.698. The SMILES string of the molecule is Cc1nn(C)c(N2CCCC2)c1N. The number of hydrogen-bond acceptors (Lipinski definition) is 3. The minimum absolute atomic E-state index is 0.837. The number of anilines is 2. The van der Waals surface area contributed by atoms with Gasteiger partial charge >= 0.3 is 0 Å². The van der Waals surface area contributed by atoms with Crippen molar-refractivity contribution in [2.45, 2.75) is 19.8 Å². The Labute approximate surface area is 78.3 Å². The second-order valence-electron chi connectivity index (χ2n) is 3.64. The molecule has 1 saturated heterocycles. The summed E-state index contributed by atoms with van der Waals surface area (Å²) in [5.41, 5.74) is 7.73. The Hall–Kier alpha value is -1.19. The summed E-state index contributed by atoms with van der Waals surface area (Å²) in [6.45, 7) is 4.18. The summed E-state index contributed by atoms with van der Waals surface area (Å²) < 4.78 is 1.88. The summed E-state index contributed by atoms with van der Waals surface area (Å²) in [7, 11) is 1.96. The highest BCUT2D eigenvalue weighted by molar-refractivity contribution is 5.66. The molecule has 1 fully saturated rings. The van der Waals surface area contributed by atoms with Gasteiger partial charge in [0.15, 0.2) is 0 Å². The van der Waals surface area contributed by atoms with E-state index in [4.69, 9.17) is 5.73 Å². The predicted octanol–water partition coefficient (Wildman–Crippen LogP) is 0.911. The smallest absolute Gasteiger partial charge is 0.150 e. The summed E-state index contributed by atoms with van der Waals surface area (Å²) in [6.07, 6.45) is 2.54. The van der Waals surface area contributed by atoms with Crippen molar-refractivity contribution in [3.05, 3.63) is 5.69 Å². The molecule has 0 aliphatic carbocycles. The van der Waals surface area contributed by atoms with Crippen molar-refractivity contribution < 1.29 is 0 Å². The van der Waals surface area contributed by atoms with Gasteiger partial charge in [-0.2, -0.15) is 5.10 Å². The maximum absolute atomic E-state index is 5.96. The molecule has 2 N–H and O–H groups in total. The van der Waals surface area contributed by atoms with Crippen LogP contribution in [0.2, 0.25) is 0 Å². The summed E-state index contributed by atoms with van der Waals surface area (Å²) in [5.74, 6) is 1.09. The average Bonchev–Trinajstić information content (AvgIpc) is 2.63. The summed E-state index contributed by atoms with van der Waals surface area (Å²) in [4.78, 5) is 2.31. The van der Waals surface area contributed by atoms with Gasteiger partial charge in [-0.1, -0.05) is 0 Å². The van der Waals surface area contributed by atoms with Crippen LogP contribution in [0, 0.1) is 6.92 Å². The van der Waals surface area contributed by atoms with Crippen LogP contribution < -0.4 is 10.6 Å². The van der Waals surface area contributed by atoms with Crippen LogP contribution in [-0.2, 0) is 7.05 Å². The molecule has 0 unspecified atom stereocenters. The molecule has 0 radical (unpaired) electrons. The monoisotopic (exact) mass is 180 g/mol. The molecule has 1 aromatic rings. The highest BCUT2D eigenvalue weighted by atomic mass is 15.4. The zero-order valence-electron chi connectivity index (χ0n) is 8.25. The van der Waals surface area contributed by atoms with E-state index >= 15 is 0 Å². The van der Waals surface area contributed by atoms with E-state index in [9.17, 15) is 0 Å². The van der Waals surface area contributed by atoms with Gasteiger partial charge in [-0.05, 0) is 19.8 Å². The van der Waals surface area contributed by atoms with Crippen molar-refractivity contribution in [2.24, 2.45) is 7.05 Å². The first-order valence-corrected chi connectivity index (χ1v) is 4.74. The Balaban J connectivity index is 2.37. The Morgan fingerprint density at radius 3 is 2.38 bits per heavy atom. The van der Waals surface area contributed by atoms with Gasteiger partial charge in [0.2, 0.25) is 0 Å². The fourth-order valence-corrected chi connectivity index (χ4v) is 1.97. The third kappa shape index (κ3) is 1.26. The van der Waals surface area contributed by atoms with E-state index in [-0.39, 0.29) is 0 Å². The van der Waals surface area contributed by atoms with E-state index in [0.717, 1.165) is 30.3 Å². The van der Waals surface area contributed by atoms with E-state index in [0.29, 0.717) is 0 Å². The molecule has 0 atom stereocenters. The van der Waals surface area contributed by atoms with Crippen molar-refractivity contribution in [3.8, 4) is 0 Å². The summed E-state index contributed by atoms with van der Waals surface area (Å²) >= 11 is 0. The zero-order chi connectivity index (χ0) is 9.42. The van der Waals surface area contributed by atoms with Gasteiger partial charge in [0.05, 0.1) is 11.4 Å². The van der Waals surface area contributed by atoms with E-state index in [2.05, 4.69) is 10.00 Å². The Bertz CT molecular complexity index is 310. The number of aromatic nitrogens is 2. The molecule has 4 heteroatoms. The highest BCUT2D eigenvalue weighted by Gasteiger charge is 2.19. The first-order valence-electron chi connectivity index (χ1n) is 4.74. The molecule has 0 amide bonds. The van der Waals surface area contributed by atoms with E-state index in [1.54, 1.807) is 0 Å². The minimum Gasteiger partial charge on any atom is -0.394 e. The van der Waals surface area contributed by atoms with Gasteiger partial charge in [0.25, 0.3) is 0 Å². The molecule has 13 heavy (non-hydrogen) atoms. The van der Waals surface area contributed by atoms with Crippen LogP contribution in [0.3, 0.4) is 0 Å². The van der Waals surface area contributed by atoms with Crippen molar-refractivity contribution in [1.82, 2.24) is 9.78 Å². The van der Waals surface area contributed by atoms with Gasteiger partial charge in [-0.3, -0.25) is 4.68 Å². The third-order valence-electron chi connectivity index (χ3n) is 2.64. The molecule has 2 rings (SSSR count). The van der Waals surface area contributed by atoms with E-state index in [1.807, 2.05) is 18.7 Å². The molecule has 72 valence electrons. The number of aryl methyl sites for hydroxylation is 2. The van der Waals surface area contributed by atoms with Crippen LogP contribution in [0.1, 0.15) is 18.5 Å². The molecule has 0 spiro atoms. The Morgan fingerprint density at radius 2 is 1.92 bits per heavy atom. The van der Waals surface area contributed by atoms with E-state index in [1.165, 1.54) is 12.8 Å². The third-order valence-corrected chi connectivity index (χ3v) is 2.64. The maximum atomic E-state index is 5.96. The van der Waals surface area contributed by atoms with Crippen LogP contribution >= 0.6 is 0 Å². The lowest BCUT2D eigenvalue weighted by Gasteiger charge is -2.17. The molecule has 1 aliphatic rings. The Kier molecular flexibility index (Phi) is 1.90. The topological polar surface area (TPSA) is 47.1 Å². The van der Waals surface area contributed by atoms with Crippen LogP contribution in [0.15, 0.2) is 0 Å². The average molecular weight is 180 g/mol. The first-order chi connectivity index (χ1) is 6.20. The molecule has 1 aromatic heterocycles. The normalized spacial score (nSPS) is 16.9. The lowest BCUT2D eigenvalue weighted by atomic mass is 10.4. The number of nitrogens with zero attached hydrogens (tertiary/aromatic N) is 3. The maximum Gasteiger partial charge on any atom is 0.150 e. The lowest BCUT2D eigenvalue weighted by Crippen LogP contribution is -2.21. The molecule has 4 nitrogen and oxygen atoms in total. The van der Waals surface area contributed by atoms with Crippen LogP contribution in [-0.4, -0.2) is 22.9 Å². The zero-order valence-corrected chi connectivity index (χ0v) is 8.25. The molecular formula is C9H16N4. The minimum atomic E-state index is 0.837. The van der Waals surface area contributed by atoms with Crippen molar-refractivity contribution in [2.75, 3.05) is 23.7 Å². The molecule has 1 aliphatic heterocycles. The molecular weight excluding hydrogens is 164 g/mol. The van der Waals surface area contributed by atoms with Crippen molar-refractivity contribution in [3.63, 3.8) is 0 Å². The molecule has 2 heterocycles. The number of rotatable bonds is 1. The van der Waals surface area contributed by atoms with Gasteiger partial charge in [0, 0.05) is 20.1 Å². The van der Waals surface area contributed by atoms with Crippen molar-refractivity contribution >= 4 is 11.5 Å². The predicted molar refractivity (Wildman–Crippen MR) is 53.8 cm³/mol. The van der Waals surface area contributed by atoms with Crippen LogP contribution in [0.4, 0.5) is 11.5 Å². The summed E-state index contributed by atoms with van der Waals surface area (Å²) in [5, 5.41) is 4.31. The van der Waals surface area contributed by atoms with Crippen LogP contribution in [0.5, 0.6) is 0 Å².